The van der Waals surface area contributed by atoms with E-state index >= 15 is 0 Å². The molecule has 0 unspecified atom stereocenters. The van der Waals surface area contributed by atoms with Gasteiger partial charge in [0, 0.05) is 37.2 Å². The van der Waals surface area contributed by atoms with Gasteiger partial charge in [0.05, 0.1) is 29.6 Å². The van der Waals surface area contributed by atoms with E-state index in [0.29, 0.717) is 18.4 Å². The van der Waals surface area contributed by atoms with Crippen LogP contribution in [-0.2, 0) is 22.5 Å². The van der Waals surface area contributed by atoms with E-state index in [4.69, 9.17) is 14.8 Å². The topological polar surface area (TPSA) is 69.0 Å². The number of hydrogen-bond donors (Lipinski definition) is 1. The number of carbonyl (C=O) groups excluding carboxylic acids is 1. The lowest BCUT2D eigenvalue weighted by molar-refractivity contribution is -0.120. The molecule has 1 saturated carbocycles. The molecular weight excluding hydrogens is 451 g/mol. The van der Waals surface area contributed by atoms with E-state index in [-0.39, 0.29) is 18.1 Å². The van der Waals surface area contributed by atoms with Crippen molar-refractivity contribution in [1.82, 2.24) is 20.1 Å². The van der Waals surface area contributed by atoms with Crippen molar-refractivity contribution in [2.24, 2.45) is 11.8 Å². The van der Waals surface area contributed by atoms with E-state index in [1.807, 2.05) is 11.6 Å². The maximum atomic E-state index is 13.6. The molecule has 180 valence electrons. The molecule has 8 heteroatoms. The zero-order chi connectivity index (χ0) is 23.3. The molecule has 3 aromatic rings. The summed E-state index contributed by atoms with van der Waals surface area (Å²) < 4.78 is 21.1. The minimum absolute atomic E-state index is 0.000900. The second-order valence-electron chi connectivity index (χ2n) is 9.43. The number of amides is 1. The molecule has 6 nitrogen and oxygen atoms in total. The molecule has 34 heavy (non-hydrogen) atoms. The summed E-state index contributed by atoms with van der Waals surface area (Å²) in [5.74, 6) is 0.861. The standard InChI is InChI=1S/C26H31FN4O2S/c27-21-7-5-20(6-8-21)25-23(15-29-31(25)16-19-3-1-2-4-19)26-30-22(17-34-26)13-24(32)28-14-18-9-11-33-12-10-18/h5-8,15,17-19H,1-4,9-14,16H2,(H,28,32). The molecule has 1 N–H and O–H groups in total. The molecule has 2 fully saturated rings. The third kappa shape index (κ3) is 5.55. The molecule has 5 rings (SSSR count). The molecule has 1 aromatic carbocycles. The highest BCUT2D eigenvalue weighted by Crippen LogP contribution is 2.36. The molecule has 0 spiro atoms. The first-order valence-corrected chi connectivity index (χ1v) is 13.1. The Morgan fingerprint density at radius 1 is 1.12 bits per heavy atom. The number of benzene rings is 1. The molecule has 0 radical (unpaired) electrons. The van der Waals surface area contributed by atoms with Gasteiger partial charge in [0.15, 0.2) is 0 Å². The van der Waals surface area contributed by atoms with Gasteiger partial charge in [0.2, 0.25) is 5.91 Å². The van der Waals surface area contributed by atoms with Crippen LogP contribution in [0.3, 0.4) is 0 Å². The molecule has 1 saturated heterocycles. The van der Waals surface area contributed by atoms with Crippen molar-refractivity contribution in [3.05, 3.63) is 47.4 Å². The summed E-state index contributed by atoms with van der Waals surface area (Å²) in [6.07, 6.45) is 9.12. The van der Waals surface area contributed by atoms with E-state index in [2.05, 4.69) is 10.00 Å². The Morgan fingerprint density at radius 3 is 2.65 bits per heavy atom. The van der Waals surface area contributed by atoms with Crippen LogP contribution in [0.5, 0.6) is 0 Å². The van der Waals surface area contributed by atoms with E-state index in [1.54, 1.807) is 12.1 Å². The van der Waals surface area contributed by atoms with Crippen LogP contribution in [0.4, 0.5) is 4.39 Å². The molecule has 3 heterocycles. The van der Waals surface area contributed by atoms with Crippen molar-refractivity contribution in [3.8, 4) is 21.8 Å². The lowest BCUT2D eigenvalue weighted by Crippen LogP contribution is -2.33. The first kappa shape index (κ1) is 23.2. The summed E-state index contributed by atoms with van der Waals surface area (Å²) in [4.78, 5) is 17.3. The van der Waals surface area contributed by atoms with Gasteiger partial charge in [0.25, 0.3) is 0 Å². The maximum absolute atomic E-state index is 13.6. The van der Waals surface area contributed by atoms with Crippen LogP contribution in [-0.4, -0.2) is 40.4 Å². The Kier molecular flexibility index (Phi) is 7.35. The predicted octanol–water partition coefficient (Wildman–Crippen LogP) is 5.09. The van der Waals surface area contributed by atoms with Gasteiger partial charge in [-0.2, -0.15) is 5.10 Å². The average molecular weight is 483 g/mol. The summed E-state index contributed by atoms with van der Waals surface area (Å²) >= 11 is 1.52. The molecule has 1 aliphatic carbocycles. The highest BCUT2D eigenvalue weighted by molar-refractivity contribution is 7.13. The third-order valence-corrected chi connectivity index (χ3v) is 7.84. The fourth-order valence-electron chi connectivity index (χ4n) is 4.98. The molecule has 2 aliphatic rings. The number of aromatic nitrogens is 3. The van der Waals surface area contributed by atoms with Crippen LogP contribution < -0.4 is 5.32 Å². The van der Waals surface area contributed by atoms with Gasteiger partial charge < -0.3 is 10.1 Å². The van der Waals surface area contributed by atoms with E-state index in [9.17, 15) is 9.18 Å². The van der Waals surface area contributed by atoms with Gasteiger partial charge in [-0.15, -0.1) is 11.3 Å². The van der Waals surface area contributed by atoms with Crippen molar-refractivity contribution >= 4 is 17.2 Å². The Labute approximate surface area is 203 Å². The normalized spacial score (nSPS) is 17.3. The number of carbonyl (C=O) groups is 1. The van der Waals surface area contributed by atoms with Gasteiger partial charge in [-0.05, 0) is 61.8 Å². The van der Waals surface area contributed by atoms with Crippen molar-refractivity contribution in [1.29, 1.82) is 0 Å². The number of rotatable bonds is 8. The SMILES string of the molecule is O=C(Cc1csc(-c2cnn(CC3CCCC3)c2-c2ccc(F)cc2)n1)NCC1CCOCC1. The second-order valence-corrected chi connectivity index (χ2v) is 10.3. The largest absolute Gasteiger partial charge is 0.381 e. The number of nitrogens with zero attached hydrogens (tertiary/aromatic N) is 3. The molecule has 1 aliphatic heterocycles. The smallest absolute Gasteiger partial charge is 0.226 e. The first-order valence-electron chi connectivity index (χ1n) is 12.3. The van der Waals surface area contributed by atoms with Gasteiger partial charge in [0.1, 0.15) is 10.8 Å². The van der Waals surface area contributed by atoms with Crippen molar-refractivity contribution in [2.45, 2.75) is 51.5 Å². The first-order chi connectivity index (χ1) is 16.7. The van der Waals surface area contributed by atoms with Crippen molar-refractivity contribution in [2.75, 3.05) is 19.8 Å². The fourth-order valence-corrected chi connectivity index (χ4v) is 5.81. The van der Waals surface area contributed by atoms with Crippen LogP contribution >= 0.6 is 11.3 Å². The lowest BCUT2D eigenvalue weighted by Gasteiger charge is -2.22. The van der Waals surface area contributed by atoms with Gasteiger partial charge in [-0.25, -0.2) is 9.37 Å². The molecular formula is C26H31FN4O2S. The highest BCUT2D eigenvalue weighted by atomic mass is 32.1. The summed E-state index contributed by atoms with van der Waals surface area (Å²) in [5.41, 5.74) is 3.59. The van der Waals surface area contributed by atoms with Gasteiger partial charge in [-0.1, -0.05) is 12.8 Å². The Hall–Kier alpha value is -2.58. The van der Waals surface area contributed by atoms with E-state index in [0.717, 1.165) is 60.1 Å². The van der Waals surface area contributed by atoms with Crippen LogP contribution in [0.15, 0.2) is 35.8 Å². The molecule has 0 atom stereocenters. The lowest BCUT2D eigenvalue weighted by atomic mass is 10.0. The molecule has 0 bridgehead atoms. The third-order valence-electron chi connectivity index (χ3n) is 6.92. The van der Waals surface area contributed by atoms with Gasteiger partial charge >= 0.3 is 0 Å². The number of hydrogen-bond acceptors (Lipinski definition) is 5. The van der Waals surface area contributed by atoms with E-state index in [1.165, 1.54) is 49.2 Å². The summed E-state index contributed by atoms with van der Waals surface area (Å²) in [7, 11) is 0. The minimum atomic E-state index is -0.254. The molecule has 1 amide bonds. The number of halogens is 1. The van der Waals surface area contributed by atoms with E-state index < -0.39 is 0 Å². The Morgan fingerprint density at radius 2 is 1.88 bits per heavy atom. The minimum Gasteiger partial charge on any atom is -0.381 e. The second kappa shape index (κ2) is 10.8. The summed E-state index contributed by atoms with van der Waals surface area (Å²) in [6, 6.07) is 6.59. The Balaban J connectivity index is 1.32. The molecule has 2 aromatic heterocycles. The number of ether oxygens (including phenoxy) is 1. The van der Waals surface area contributed by atoms with Crippen LogP contribution in [0.1, 0.15) is 44.2 Å². The average Bonchev–Trinajstić information content (AvgIpc) is 3.61. The zero-order valence-corrected chi connectivity index (χ0v) is 20.2. The zero-order valence-electron chi connectivity index (χ0n) is 19.3. The van der Waals surface area contributed by atoms with Crippen LogP contribution in [0, 0.1) is 17.7 Å². The number of nitrogens with one attached hydrogen (secondary N) is 1. The highest BCUT2D eigenvalue weighted by Gasteiger charge is 2.22. The van der Waals surface area contributed by atoms with Gasteiger partial charge in [-0.3, -0.25) is 9.48 Å². The summed E-state index contributed by atoms with van der Waals surface area (Å²) in [5, 5.41) is 10.5. The Bertz CT molecular complexity index is 1100. The summed E-state index contributed by atoms with van der Waals surface area (Å²) in [6.45, 7) is 3.11. The van der Waals surface area contributed by atoms with Crippen LogP contribution in [0.2, 0.25) is 0 Å². The maximum Gasteiger partial charge on any atom is 0.226 e. The van der Waals surface area contributed by atoms with Crippen molar-refractivity contribution in [3.63, 3.8) is 0 Å². The predicted molar refractivity (Wildman–Crippen MR) is 131 cm³/mol. The van der Waals surface area contributed by atoms with Crippen LogP contribution in [0.25, 0.3) is 21.8 Å². The quantitative estimate of drug-likeness (QED) is 0.486. The van der Waals surface area contributed by atoms with Crippen molar-refractivity contribution < 1.29 is 13.9 Å². The monoisotopic (exact) mass is 482 g/mol. The fraction of sp³-hybridized carbons (Fsp3) is 0.500. The number of thiazole rings is 1.